The van der Waals surface area contributed by atoms with Gasteiger partial charge in [-0.15, -0.1) is 0 Å². The van der Waals surface area contributed by atoms with Crippen molar-refractivity contribution in [1.82, 2.24) is 9.55 Å². The Morgan fingerprint density at radius 1 is 1.00 bits per heavy atom. The summed E-state index contributed by atoms with van der Waals surface area (Å²) < 4.78 is 2.03. The summed E-state index contributed by atoms with van der Waals surface area (Å²) in [5, 5.41) is 10.7. The molecule has 1 heterocycles. The van der Waals surface area contributed by atoms with Crippen LogP contribution in [0.2, 0.25) is 0 Å². The van der Waals surface area contributed by atoms with Crippen molar-refractivity contribution in [1.29, 1.82) is 0 Å². The van der Waals surface area contributed by atoms with E-state index in [-0.39, 0.29) is 5.69 Å². The maximum atomic E-state index is 10.7. The van der Waals surface area contributed by atoms with Crippen molar-refractivity contribution >= 4 is 28.6 Å². The summed E-state index contributed by atoms with van der Waals surface area (Å²) in [6.45, 7) is 0. The summed E-state index contributed by atoms with van der Waals surface area (Å²) in [5.74, 6) is 0. The number of aromatic nitrogens is 2. The number of non-ortho nitro benzene ring substituents is 1. The van der Waals surface area contributed by atoms with Gasteiger partial charge in [-0.1, -0.05) is 18.2 Å². The second-order valence-corrected chi connectivity index (χ2v) is 5.73. The molecule has 6 heteroatoms. The number of imidazole rings is 1. The standard InChI is InChI=1S/C20H14N4O2/c25-24(26)18-9-6-15(7-10-18)13-21-16-8-11-20-19(12-16)22-14-23(20)17-4-2-1-3-5-17/h1-14H. The van der Waals surface area contributed by atoms with Crippen molar-refractivity contribution in [3.05, 3.63) is 94.8 Å². The van der Waals surface area contributed by atoms with Gasteiger partial charge in [0.05, 0.1) is 21.6 Å². The Kier molecular flexibility index (Phi) is 3.99. The van der Waals surface area contributed by atoms with Gasteiger partial charge in [0.15, 0.2) is 0 Å². The van der Waals surface area contributed by atoms with E-state index in [0.717, 1.165) is 28.0 Å². The predicted octanol–water partition coefficient (Wildman–Crippen LogP) is 4.68. The second kappa shape index (κ2) is 6.60. The highest BCUT2D eigenvalue weighted by Crippen LogP contribution is 2.23. The number of hydrogen-bond donors (Lipinski definition) is 0. The molecule has 4 rings (SSSR count). The molecule has 0 bridgehead atoms. The van der Waals surface area contributed by atoms with E-state index in [9.17, 15) is 10.1 Å². The largest absolute Gasteiger partial charge is 0.299 e. The van der Waals surface area contributed by atoms with Gasteiger partial charge in [0, 0.05) is 24.0 Å². The third-order valence-electron chi connectivity index (χ3n) is 4.03. The van der Waals surface area contributed by atoms with Crippen LogP contribution in [0.1, 0.15) is 5.56 Å². The number of nitro benzene ring substituents is 1. The molecule has 0 amide bonds. The van der Waals surface area contributed by atoms with Crippen LogP contribution in [0.4, 0.5) is 11.4 Å². The lowest BCUT2D eigenvalue weighted by Gasteiger charge is -2.03. The Labute approximate surface area is 149 Å². The van der Waals surface area contributed by atoms with E-state index in [1.165, 1.54) is 12.1 Å². The number of hydrogen-bond acceptors (Lipinski definition) is 4. The van der Waals surface area contributed by atoms with Crippen molar-refractivity contribution in [3.63, 3.8) is 0 Å². The molecule has 0 saturated carbocycles. The van der Waals surface area contributed by atoms with Gasteiger partial charge in [-0.05, 0) is 48.0 Å². The molecule has 126 valence electrons. The maximum Gasteiger partial charge on any atom is 0.269 e. The zero-order valence-electron chi connectivity index (χ0n) is 13.7. The lowest BCUT2D eigenvalue weighted by atomic mass is 10.2. The molecular weight excluding hydrogens is 328 g/mol. The number of benzene rings is 3. The molecule has 0 aliphatic heterocycles. The average molecular weight is 342 g/mol. The average Bonchev–Trinajstić information content (AvgIpc) is 3.10. The Morgan fingerprint density at radius 3 is 2.50 bits per heavy atom. The molecule has 0 N–H and O–H groups in total. The van der Waals surface area contributed by atoms with Gasteiger partial charge < -0.3 is 0 Å². The van der Waals surface area contributed by atoms with Crippen LogP contribution >= 0.6 is 0 Å². The molecule has 0 radical (unpaired) electrons. The number of nitro groups is 1. The normalized spacial score (nSPS) is 11.2. The highest BCUT2D eigenvalue weighted by molar-refractivity contribution is 5.85. The zero-order chi connectivity index (χ0) is 17.9. The van der Waals surface area contributed by atoms with Crippen LogP contribution in [0.25, 0.3) is 16.7 Å². The van der Waals surface area contributed by atoms with Crippen LogP contribution in [0.15, 0.2) is 84.1 Å². The lowest BCUT2D eigenvalue weighted by Crippen LogP contribution is -1.90. The van der Waals surface area contributed by atoms with Crippen molar-refractivity contribution in [2.24, 2.45) is 4.99 Å². The highest BCUT2D eigenvalue weighted by atomic mass is 16.6. The second-order valence-electron chi connectivity index (χ2n) is 5.73. The molecule has 0 fully saturated rings. The van der Waals surface area contributed by atoms with Crippen molar-refractivity contribution in [2.45, 2.75) is 0 Å². The summed E-state index contributed by atoms with van der Waals surface area (Å²) in [4.78, 5) is 19.2. The van der Waals surface area contributed by atoms with Crippen molar-refractivity contribution in [3.8, 4) is 5.69 Å². The summed E-state index contributed by atoms with van der Waals surface area (Å²) >= 11 is 0. The first-order valence-electron chi connectivity index (χ1n) is 8.02. The van der Waals surface area contributed by atoms with Gasteiger partial charge in [0.25, 0.3) is 5.69 Å². The molecule has 26 heavy (non-hydrogen) atoms. The minimum Gasteiger partial charge on any atom is -0.299 e. The number of nitrogens with zero attached hydrogens (tertiary/aromatic N) is 4. The summed E-state index contributed by atoms with van der Waals surface area (Å²) in [5.41, 5.74) is 4.55. The molecule has 0 aliphatic carbocycles. The molecule has 0 unspecified atom stereocenters. The van der Waals surface area contributed by atoms with Gasteiger partial charge in [-0.2, -0.15) is 0 Å². The van der Waals surface area contributed by atoms with Crippen LogP contribution < -0.4 is 0 Å². The minimum atomic E-state index is -0.419. The Bertz CT molecular complexity index is 1100. The number of rotatable bonds is 4. The monoisotopic (exact) mass is 342 g/mol. The molecule has 3 aromatic carbocycles. The molecule has 1 aromatic heterocycles. The Hall–Kier alpha value is -3.80. The van der Waals surface area contributed by atoms with Crippen LogP contribution in [0.3, 0.4) is 0 Å². The smallest absolute Gasteiger partial charge is 0.269 e. The quantitative estimate of drug-likeness (QED) is 0.307. The van der Waals surface area contributed by atoms with Crippen LogP contribution in [-0.4, -0.2) is 20.7 Å². The zero-order valence-corrected chi connectivity index (χ0v) is 13.7. The molecule has 0 saturated heterocycles. The van der Waals surface area contributed by atoms with E-state index < -0.39 is 4.92 Å². The van der Waals surface area contributed by atoms with E-state index in [0.29, 0.717) is 0 Å². The van der Waals surface area contributed by atoms with E-state index in [4.69, 9.17) is 0 Å². The fourth-order valence-corrected chi connectivity index (χ4v) is 2.71. The molecular formula is C20H14N4O2. The van der Waals surface area contributed by atoms with Gasteiger partial charge in [-0.25, -0.2) is 4.98 Å². The third kappa shape index (κ3) is 3.08. The third-order valence-corrected chi connectivity index (χ3v) is 4.03. The topological polar surface area (TPSA) is 73.3 Å². The van der Waals surface area contributed by atoms with Gasteiger partial charge >= 0.3 is 0 Å². The first-order valence-corrected chi connectivity index (χ1v) is 8.02. The minimum absolute atomic E-state index is 0.0648. The van der Waals surface area contributed by atoms with Gasteiger partial charge in [0.1, 0.15) is 6.33 Å². The fourth-order valence-electron chi connectivity index (χ4n) is 2.71. The fraction of sp³-hybridized carbons (Fsp3) is 0. The number of para-hydroxylation sites is 1. The van der Waals surface area contributed by atoms with E-state index in [2.05, 4.69) is 9.98 Å². The molecule has 0 spiro atoms. The predicted molar refractivity (Wildman–Crippen MR) is 101 cm³/mol. The lowest BCUT2D eigenvalue weighted by molar-refractivity contribution is -0.384. The Morgan fingerprint density at radius 2 is 1.77 bits per heavy atom. The van der Waals surface area contributed by atoms with Gasteiger partial charge in [0.2, 0.25) is 0 Å². The highest BCUT2D eigenvalue weighted by Gasteiger charge is 2.05. The van der Waals surface area contributed by atoms with Crippen LogP contribution in [0.5, 0.6) is 0 Å². The first-order chi connectivity index (χ1) is 12.7. The maximum absolute atomic E-state index is 10.7. The molecule has 0 aliphatic rings. The summed E-state index contributed by atoms with van der Waals surface area (Å²) in [7, 11) is 0. The van der Waals surface area contributed by atoms with E-state index in [1.54, 1.807) is 24.7 Å². The molecule has 0 atom stereocenters. The van der Waals surface area contributed by atoms with E-state index in [1.807, 2.05) is 53.1 Å². The first kappa shape index (κ1) is 15.7. The van der Waals surface area contributed by atoms with Crippen molar-refractivity contribution in [2.75, 3.05) is 0 Å². The molecule has 4 aromatic rings. The van der Waals surface area contributed by atoms with Crippen molar-refractivity contribution < 1.29 is 4.92 Å². The SMILES string of the molecule is O=[N+]([O-])c1ccc(C=Nc2ccc3c(c2)ncn3-c2ccccc2)cc1. The number of fused-ring (bicyclic) bond motifs is 1. The Balaban J connectivity index is 1.61. The molecule has 6 nitrogen and oxygen atoms in total. The van der Waals surface area contributed by atoms with Crippen LogP contribution in [0, 0.1) is 10.1 Å². The number of aliphatic imine (C=N–C) groups is 1. The summed E-state index contributed by atoms with van der Waals surface area (Å²) in [6, 6.07) is 22.1. The van der Waals surface area contributed by atoms with Crippen LogP contribution in [-0.2, 0) is 0 Å². The van der Waals surface area contributed by atoms with Gasteiger partial charge in [-0.3, -0.25) is 19.7 Å². The summed E-state index contributed by atoms with van der Waals surface area (Å²) in [6.07, 6.45) is 3.48. The van der Waals surface area contributed by atoms with E-state index >= 15 is 0 Å².